The van der Waals surface area contributed by atoms with Crippen molar-refractivity contribution in [1.82, 2.24) is 15.1 Å². The van der Waals surface area contributed by atoms with Gasteiger partial charge in [0.05, 0.1) is 16.3 Å². The van der Waals surface area contributed by atoms with E-state index in [4.69, 9.17) is 11.6 Å². The van der Waals surface area contributed by atoms with E-state index in [0.29, 0.717) is 9.90 Å². The lowest BCUT2D eigenvalue weighted by atomic mass is 10.2. The van der Waals surface area contributed by atoms with Crippen molar-refractivity contribution in [3.8, 4) is 5.69 Å². The van der Waals surface area contributed by atoms with Crippen LogP contribution in [0.5, 0.6) is 0 Å². The second-order valence-corrected chi connectivity index (χ2v) is 8.96. The molecule has 4 rings (SSSR count). The molecule has 1 amide bonds. The molecule has 0 spiro atoms. The van der Waals surface area contributed by atoms with Gasteiger partial charge in [-0.25, -0.2) is 4.68 Å². The SMILES string of the molecule is Cc1nn(-c2ccc(Cl)cc2)c2sc(C(=O)NC(C)Cc3cccs3)cc12. The van der Waals surface area contributed by atoms with Crippen molar-refractivity contribution in [2.24, 2.45) is 0 Å². The molecule has 1 N–H and O–H groups in total. The maximum absolute atomic E-state index is 12.7. The molecule has 0 bridgehead atoms. The predicted octanol–water partition coefficient (Wildman–Crippen LogP) is 5.47. The summed E-state index contributed by atoms with van der Waals surface area (Å²) in [5.74, 6) is -0.0395. The lowest BCUT2D eigenvalue weighted by Crippen LogP contribution is -2.33. The summed E-state index contributed by atoms with van der Waals surface area (Å²) in [5, 5.41) is 11.5. The number of carbonyl (C=O) groups excluding carboxylic acids is 1. The lowest BCUT2D eigenvalue weighted by molar-refractivity contribution is 0.0944. The third-order valence-corrected chi connectivity index (χ3v) is 6.56. The van der Waals surface area contributed by atoms with Gasteiger partial charge >= 0.3 is 0 Å². The number of hydrogen-bond acceptors (Lipinski definition) is 4. The average Bonchev–Trinajstić information content (AvgIpc) is 3.34. The van der Waals surface area contributed by atoms with E-state index in [1.54, 1.807) is 11.3 Å². The molecule has 0 saturated heterocycles. The quantitative estimate of drug-likeness (QED) is 0.469. The maximum Gasteiger partial charge on any atom is 0.261 e. The second-order valence-electron chi connectivity index (χ2n) is 6.46. The summed E-state index contributed by atoms with van der Waals surface area (Å²) in [4.78, 5) is 15.6. The van der Waals surface area contributed by atoms with Gasteiger partial charge in [0.2, 0.25) is 0 Å². The van der Waals surface area contributed by atoms with Gasteiger partial charge in [0.1, 0.15) is 4.83 Å². The third kappa shape index (κ3) is 3.78. The zero-order valence-corrected chi connectivity index (χ0v) is 17.3. The first-order valence-electron chi connectivity index (χ1n) is 8.59. The number of amides is 1. The number of rotatable bonds is 5. The number of aryl methyl sites for hydroxylation is 1. The minimum Gasteiger partial charge on any atom is -0.349 e. The highest BCUT2D eigenvalue weighted by molar-refractivity contribution is 7.20. The molecule has 7 heteroatoms. The molecular formula is C20H18ClN3OS2. The van der Waals surface area contributed by atoms with E-state index in [9.17, 15) is 4.79 Å². The van der Waals surface area contributed by atoms with Gasteiger partial charge in [-0.2, -0.15) is 5.10 Å². The maximum atomic E-state index is 12.7. The van der Waals surface area contributed by atoms with Crippen LogP contribution in [0.1, 0.15) is 27.2 Å². The Morgan fingerprint density at radius 1 is 1.30 bits per heavy atom. The van der Waals surface area contributed by atoms with Gasteiger partial charge in [-0.1, -0.05) is 17.7 Å². The molecule has 1 unspecified atom stereocenters. The van der Waals surface area contributed by atoms with E-state index in [1.807, 2.05) is 54.9 Å². The van der Waals surface area contributed by atoms with Crippen molar-refractivity contribution in [2.75, 3.05) is 0 Å². The highest BCUT2D eigenvalue weighted by Crippen LogP contribution is 2.30. The molecule has 0 saturated carbocycles. The number of nitrogens with one attached hydrogen (secondary N) is 1. The van der Waals surface area contributed by atoms with Crippen molar-refractivity contribution < 1.29 is 4.79 Å². The molecule has 0 aliphatic carbocycles. The van der Waals surface area contributed by atoms with Crippen LogP contribution in [0.4, 0.5) is 0 Å². The minimum absolute atomic E-state index is 0.0395. The van der Waals surface area contributed by atoms with Crippen molar-refractivity contribution in [1.29, 1.82) is 0 Å². The fraction of sp³-hybridized carbons (Fsp3) is 0.200. The van der Waals surface area contributed by atoms with E-state index in [-0.39, 0.29) is 11.9 Å². The van der Waals surface area contributed by atoms with Gasteiger partial charge in [0.25, 0.3) is 5.91 Å². The van der Waals surface area contributed by atoms with Crippen LogP contribution in [0, 0.1) is 6.92 Å². The normalized spacial score (nSPS) is 12.4. The standard InChI is InChI=1S/C20H18ClN3OS2/c1-12(10-16-4-3-9-26-16)22-19(25)18-11-17-13(2)23-24(20(17)27-18)15-7-5-14(21)6-8-15/h3-9,11-12H,10H2,1-2H3,(H,22,25). The molecule has 0 fully saturated rings. The molecule has 3 aromatic heterocycles. The molecule has 0 aliphatic rings. The number of benzene rings is 1. The Hall–Kier alpha value is -2.15. The van der Waals surface area contributed by atoms with Crippen LogP contribution in [-0.4, -0.2) is 21.7 Å². The lowest BCUT2D eigenvalue weighted by Gasteiger charge is -2.11. The number of fused-ring (bicyclic) bond motifs is 1. The molecule has 1 atom stereocenters. The fourth-order valence-corrected chi connectivity index (χ4v) is 5.04. The summed E-state index contributed by atoms with van der Waals surface area (Å²) >= 11 is 9.16. The summed E-state index contributed by atoms with van der Waals surface area (Å²) < 4.78 is 1.87. The fourth-order valence-electron chi connectivity index (χ4n) is 2.99. The van der Waals surface area contributed by atoms with Gasteiger partial charge in [-0.15, -0.1) is 22.7 Å². The number of carbonyl (C=O) groups is 1. The summed E-state index contributed by atoms with van der Waals surface area (Å²) in [6.45, 7) is 3.99. The van der Waals surface area contributed by atoms with E-state index >= 15 is 0 Å². The van der Waals surface area contributed by atoms with Crippen molar-refractivity contribution in [3.05, 3.63) is 68.3 Å². The smallest absolute Gasteiger partial charge is 0.261 e. The van der Waals surface area contributed by atoms with Gasteiger partial charge in [-0.3, -0.25) is 4.79 Å². The molecule has 1 aromatic carbocycles. The Morgan fingerprint density at radius 2 is 2.07 bits per heavy atom. The Labute approximate surface area is 170 Å². The zero-order valence-electron chi connectivity index (χ0n) is 14.9. The van der Waals surface area contributed by atoms with E-state index in [1.165, 1.54) is 16.2 Å². The topological polar surface area (TPSA) is 46.9 Å². The van der Waals surface area contributed by atoms with Crippen LogP contribution in [-0.2, 0) is 6.42 Å². The minimum atomic E-state index is -0.0395. The van der Waals surface area contributed by atoms with Gasteiger partial charge in [-0.05, 0) is 55.6 Å². The van der Waals surface area contributed by atoms with Gasteiger partial charge < -0.3 is 5.32 Å². The molecular weight excluding hydrogens is 398 g/mol. The molecule has 3 heterocycles. The van der Waals surface area contributed by atoms with Crippen molar-refractivity contribution in [3.63, 3.8) is 0 Å². The molecule has 0 aliphatic heterocycles. The monoisotopic (exact) mass is 415 g/mol. The third-order valence-electron chi connectivity index (χ3n) is 4.30. The summed E-state index contributed by atoms with van der Waals surface area (Å²) in [6.07, 6.45) is 0.839. The van der Waals surface area contributed by atoms with Crippen LogP contribution in [0.15, 0.2) is 47.8 Å². The number of thiophene rings is 2. The summed E-state index contributed by atoms with van der Waals surface area (Å²) in [7, 11) is 0. The first-order chi connectivity index (χ1) is 13.0. The highest BCUT2D eigenvalue weighted by atomic mass is 35.5. The van der Waals surface area contributed by atoms with E-state index < -0.39 is 0 Å². The first kappa shape index (κ1) is 18.2. The number of halogens is 1. The summed E-state index contributed by atoms with van der Waals surface area (Å²) in [5.41, 5.74) is 1.83. The largest absolute Gasteiger partial charge is 0.349 e. The molecule has 138 valence electrons. The Kier molecular flexibility index (Phi) is 5.04. The molecule has 4 nitrogen and oxygen atoms in total. The van der Waals surface area contributed by atoms with Gasteiger partial charge in [0, 0.05) is 27.7 Å². The predicted molar refractivity (Wildman–Crippen MR) is 114 cm³/mol. The Balaban J connectivity index is 1.58. The van der Waals surface area contributed by atoms with Crippen molar-refractivity contribution in [2.45, 2.75) is 26.3 Å². The number of aromatic nitrogens is 2. The molecule has 27 heavy (non-hydrogen) atoms. The number of nitrogens with zero attached hydrogens (tertiary/aromatic N) is 2. The van der Waals surface area contributed by atoms with Crippen LogP contribution >= 0.6 is 34.3 Å². The zero-order chi connectivity index (χ0) is 19.0. The summed E-state index contributed by atoms with van der Waals surface area (Å²) in [6, 6.07) is 13.7. The average molecular weight is 416 g/mol. The van der Waals surface area contributed by atoms with Crippen molar-refractivity contribution >= 4 is 50.4 Å². The van der Waals surface area contributed by atoms with Crippen LogP contribution in [0.2, 0.25) is 5.02 Å². The Bertz CT molecular complexity index is 1080. The molecule has 4 aromatic rings. The van der Waals surface area contributed by atoms with Gasteiger partial charge in [0.15, 0.2) is 0 Å². The van der Waals surface area contributed by atoms with Crippen LogP contribution in [0.25, 0.3) is 15.9 Å². The second kappa shape index (κ2) is 7.46. The number of hydrogen-bond donors (Lipinski definition) is 1. The highest BCUT2D eigenvalue weighted by Gasteiger charge is 2.18. The van der Waals surface area contributed by atoms with E-state index in [2.05, 4.69) is 21.9 Å². The molecule has 0 radical (unpaired) electrons. The van der Waals surface area contributed by atoms with Crippen LogP contribution < -0.4 is 5.32 Å². The first-order valence-corrected chi connectivity index (χ1v) is 10.7. The van der Waals surface area contributed by atoms with Crippen LogP contribution in [0.3, 0.4) is 0 Å². The van der Waals surface area contributed by atoms with E-state index in [0.717, 1.165) is 28.0 Å². The Morgan fingerprint density at radius 3 is 2.78 bits per heavy atom.